The largest absolute Gasteiger partial charge is 0.279 e. The van der Waals surface area contributed by atoms with Crippen molar-refractivity contribution in [3.05, 3.63) is 76.6 Å². The first-order chi connectivity index (χ1) is 14.3. The summed E-state index contributed by atoms with van der Waals surface area (Å²) >= 11 is 2.03. The zero-order chi connectivity index (χ0) is 21.3. The van der Waals surface area contributed by atoms with E-state index in [0.29, 0.717) is 15.3 Å². The molecule has 12 heteroatoms. The van der Waals surface area contributed by atoms with E-state index in [1.54, 1.807) is 12.1 Å². The van der Waals surface area contributed by atoms with Crippen LogP contribution in [0.25, 0.3) is 11.0 Å². The minimum Gasteiger partial charge on any atom is -0.279 e. The van der Waals surface area contributed by atoms with Gasteiger partial charge in [-0.05, 0) is 42.5 Å². The number of nitro groups is 1. The molecule has 152 valence electrons. The van der Waals surface area contributed by atoms with E-state index in [-0.39, 0.29) is 21.8 Å². The molecule has 0 saturated carbocycles. The molecule has 1 N–H and O–H groups in total. The van der Waals surface area contributed by atoms with Crippen molar-refractivity contribution in [2.75, 3.05) is 4.72 Å². The molecule has 0 aliphatic heterocycles. The number of nitrogens with zero attached hydrogens (tertiary/aromatic N) is 3. The normalized spacial score (nSPS) is 11.5. The Morgan fingerprint density at radius 3 is 2.53 bits per heavy atom. The van der Waals surface area contributed by atoms with Crippen molar-refractivity contribution in [1.29, 1.82) is 0 Å². The van der Waals surface area contributed by atoms with Crippen LogP contribution in [0, 0.1) is 15.9 Å². The lowest BCUT2D eigenvalue weighted by Crippen LogP contribution is -2.13. The van der Waals surface area contributed by atoms with Crippen LogP contribution in [0.3, 0.4) is 0 Å². The van der Waals surface area contributed by atoms with Crippen LogP contribution in [0.2, 0.25) is 0 Å². The van der Waals surface area contributed by atoms with Crippen molar-refractivity contribution in [2.24, 2.45) is 0 Å². The molecule has 0 bridgehead atoms. The van der Waals surface area contributed by atoms with E-state index >= 15 is 0 Å². The minimum atomic E-state index is -4.07. The van der Waals surface area contributed by atoms with E-state index in [0.717, 1.165) is 29.6 Å². The number of sulfonamides is 1. The van der Waals surface area contributed by atoms with Gasteiger partial charge < -0.3 is 0 Å². The van der Waals surface area contributed by atoms with Gasteiger partial charge in [-0.2, -0.15) is 8.75 Å². The van der Waals surface area contributed by atoms with Gasteiger partial charge in [0.15, 0.2) is 0 Å². The van der Waals surface area contributed by atoms with Gasteiger partial charge in [0.05, 0.1) is 22.3 Å². The first-order valence-corrected chi connectivity index (χ1v) is 11.3. The number of hydrogen-bond acceptors (Lipinski definition) is 8. The summed E-state index contributed by atoms with van der Waals surface area (Å²) in [7, 11) is -4.07. The van der Waals surface area contributed by atoms with Gasteiger partial charge in [-0.1, -0.05) is 17.8 Å². The summed E-state index contributed by atoms with van der Waals surface area (Å²) < 4.78 is 49.4. The molecule has 0 atom stereocenters. The summed E-state index contributed by atoms with van der Waals surface area (Å²) in [5.74, 6) is -0.405. The van der Waals surface area contributed by atoms with Crippen molar-refractivity contribution in [3.63, 3.8) is 0 Å². The lowest BCUT2D eigenvalue weighted by molar-refractivity contribution is -0.385. The molecule has 1 aromatic heterocycles. The van der Waals surface area contributed by atoms with Gasteiger partial charge in [0, 0.05) is 21.9 Å². The molecule has 0 aliphatic rings. The number of nitrogens with one attached hydrogen (secondary N) is 1. The van der Waals surface area contributed by atoms with Gasteiger partial charge in [0.25, 0.3) is 15.7 Å². The zero-order valence-electron chi connectivity index (χ0n) is 14.9. The fourth-order valence-electron chi connectivity index (χ4n) is 2.65. The van der Waals surface area contributed by atoms with Gasteiger partial charge in [0.1, 0.15) is 21.7 Å². The molecule has 0 saturated heterocycles. The third-order valence-corrected chi connectivity index (χ3v) is 6.88. The number of anilines is 1. The van der Waals surface area contributed by atoms with E-state index in [1.165, 1.54) is 42.5 Å². The van der Waals surface area contributed by atoms with Gasteiger partial charge in [-0.15, -0.1) is 0 Å². The summed E-state index contributed by atoms with van der Waals surface area (Å²) in [5, 5.41) is 11.3. The maximum absolute atomic E-state index is 13.1. The van der Waals surface area contributed by atoms with Crippen molar-refractivity contribution >= 4 is 55.9 Å². The molecule has 30 heavy (non-hydrogen) atoms. The number of rotatable bonds is 6. The van der Waals surface area contributed by atoms with Crippen LogP contribution in [0.4, 0.5) is 15.8 Å². The molecule has 0 radical (unpaired) electrons. The summed E-state index contributed by atoms with van der Waals surface area (Å²) in [4.78, 5) is 11.7. The Balaban J connectivity index is 1.71. The highest BCUT2D eigenvalue weighted by molar-refractivity contribution is 7.99. The van der Waals surface area contributed by atoms with E-state index in [9.17, 15) is 22.9 Å². The Hall–Kier alpha value is -3.09. The average molecular weight is 463 g/mol. The molecular formula is C18H11FN4O4S3. The monoisotopic (exact) mass is 462 g/mol. The molecule has 3 aromatic carbocycles. The number of aromatic nitrogens is 2. The topological polar surface area (TPSA) is 115 Å². The molecule has 8 nitrogen and oxygen atoms in total. The molecule has 0 spiro atoms. The van der Waals surface area contributed by atoms with Crippen molar-refractivity contribution < 1.29 is 17.7 Å². The number of fused-ring (bicyclic) bond motifs is 1. The van der Waals surface area contributed by atoms with Gasteiger partial charge >= 0.3 is 0 Å². The molecule has 0 fully saturated rings. The van der Waals surface area contributed by atoms with E-state index in [2.05, 4.69) is 13.5 Å². The first kappa shape index (κ1) is 20.2. The Labute approximate surface area is 178 Å². The van der Waals surface area contributed by atoms with Gasteiger partial charge in [-0.3, -0.25) is 14.8 Å². The Kier molecular flexibility index (Phi) is 5.37. The SMILES string of the molecule is O=[N+]([O-])c1cc(NS(=O)(=O)c2cccc3nsnc23)cc(Sc2ccc(F)cc2)c1. The van der Waals surface area contributed by atoms with E-state index in [1.807, 2.05) is 0 Å². The van der Waals surface area contributed by atoms with E-state index < -0.39 is 20.8 Å². The van der Waals surface area contributed by atoms with Crippen LogP contribution in [-0.4, -0.2) is 22.1 Å². The van der Waals surface area contributed by atoms with Crippen molar-refractivity contribution in [3.8, 4) is 0 Å². The molecule has 4 rings (SSSR count). The van der Waals surface area contributed by atoms with Crippen LogP contribution < -0.4 is 4.72 Å². The van der Waals surface area contributed by atoms with Crippen LogP contribution in [0.1, 0.15) is 0 Å². The quantitative estimate of drug-likeness (QED) is 0.326. The highest BCUT2D eigenvalue weighted by atomic mass is 32.2. The summed E-state index contributed by atoms with van der Waals surface area (Å²) in [6, 6.07) is 14.1. The Bertz CT molecular complexity index is 1360. The highest BCUT2D eigenvalue weighted by Crippen LogP contribution is 2.34. The molecular weight excluding hydrogens is 451 g/mol. The molecule has 4 aromatic rings. The number of benzene rings is 3. The maximum atomic E-state index is 13.1. The van der Waals surface area contributed by atoms with Crippen molar-refractivity contribution in [1.82, 2.24) is 8.75 Å². The smallest absolute Gasteiger partial charge is 0.272 e. The molecule has 0 amide bonds. The molecule has 1 heterocycles. The maximum Gasteiger partial charge on any atom is 0.272 e. The number of nitro benzene ring substituents is 1. The van der Waals surface area contributed by atoms with Gasteiger partial charge in [-0.25, -0.2) is 12.8 Å². The average Bonchev–Trinajstić information content (AvgIpc) is 3.18. The number of hydrogen-bond donors (Lipinski definition) is 1. The Morgan fingerprint density at radius 1 is 1.03 bits per heavy atom. The predicted octanol–water partition coefficient (Wildman–Crippen LogP) is 4.69. The fourth-order valence-corrected chi connectivity index (χ4v) is 5.37. The highest BCUT2D eigenvalue weighted by Gasteiger charge is 2.21. The minimum absolute atomic E-state index is 0.0222. The Morgan fingerprint density at radius 2 is 1.80 bits per heavy atom. The third-order valence-electron chi connectivity index (χ3n) is 3.94. The fraction of sp³-hybridized carbons (Fsp3) is 0. The van der Waals surface area contributed by atoms with Crippen LogP contribution in [-0.2, 0) is 10.0 Å². The number of halogens is 1. The van der Waals surface area contributed by atoms with Crippen molar-refractivity contribution in [2.45, 2.75) is 14.7 Å². The third kappa shape index (κ3) is 4.25. The number of non-ortho nitro benzene ring substituents is 1. The van der Waals surface area contributed by atoms with Crippen LogP contribution in [0.5, 0.6) is 0 Å². The van der Waals surface area contributed by atoms with Crippen LogP contribution >= 0.6 is 23.5 Å². The van der Waals surface area contributed by atoms with Crippen LogP contribution in [0.15, 0.2) is 75.4 Å². The second-order valence-corrected chi connectivity index (χ2v) is 9.35. The lowest BCUT2D eigenvalue weighted by atomic mass is 10.3. The molecule has 0 aliphatic carbocycles. The summed E-state index contributed by atoms with van der Waals surface area (Å²) in [6.07, 6.45) is 0. The first-order valence-electron chi connectivity index (χ1n) is 8.29. The summed E-state index contributed by atoms with van der Waals surface area (Å²) in [6.45, 7) is 0. The zero-order valence-corrected chi connectivity index (χ0v) is 17.3. The summed E-state index contributed by atoms with van der Waals surface area (Å²) in [5.41, 5.74) is 0.401. The molecule has 0 unspecified atom stereocenters. The second-order valence-electron chi connectivity index (χ2n) is 6.02. The standard InChI is InChI=1S/C18H11FN4O4S3/c19-11-4-6-14(7-5-11)28-15-9-12(8-13(10-15)23(24)25)22-30(26,27)17-3-1-2-16-18(17)21-29-20-16/h1-10,22H. The predicted molar refractivity (Wildman–Crippen MR) is 112 cm³/mol. The lowest BCUT2D eigenvalue weighted by Gasteiger charge is -2.10. The van der Waals surface area contributed by atoms with E-state index in [4.69, 9.17) is 0 Å². The van der Waals surface area contributed by atoms with Gasteiger partial charge in [0.2, 0.25) is 0 Å². The second kappa shape index (κ2) is 7.97.